The highest BCUT2D eigenvalue weighted by Gasteiger charge is 2.18. The van der Waals surface area contributed by atoms with Gasteiger partial charge in [-0.05, 0) is 44.5 Å². The zero-order valence-corrected chi connectivity index (χ0v) is 14.2. The van der Waals surface area contributed by atoms with Gasteiger partial charge in [0.05, 0.1) is 25.5 Å². The van der Waals surface area contributed by atoms with Crippen LogP contribution in [0.25, 0.3) is 0 Å². The molecule has 2 heterocycles. The van der Waals surface area contributed by atoms with Crippen LogP contribution >= 0.6 is 0 Å². The summed E-state index contributed by atoms with van der Waals surface area (Å²) < 4.78 is 16.4. The normalized spacial score (nSPS) is 14.3. The summed E-state index contributed by atoms with van der Waals surface area (Å²) in [4.78, 5) is 2.22. The molecule has 0 amide bonds. The van der Waals surface area contributed by atoms with E-state index in [0.29, 0.717) is 25.7 Å². The van der Waals surface area contributed by atoms with Gasteiger partial charge < -0.3 is 18.7 Å². The van der Waals surface area contributed by atoms with E-state index in [0.717, 1.165) is 23.7 Å². The van der Waals surface area contributed by atoms with Gasteiger partial charge in [-0.3, -0.25) is 4.90 Å². The summed E-state index contributed by atoms with van der Waals surface area (Å²) in [6.45, 7) is 8.14. The lowest BCUT2D eigenvalue weighted by Gasteiger charge is -2.29. The van der Waals surface area contributed by atoms with E-state index < -0.39 is 6.10 Å². The quantitative estimate of drug-likeness (QED) is 0.727. The first-order valence-corrected chi connectivity index (χ1v) is 8.16. The second kappa shape index (κ2) is 8.91. The zero-order chi connectivity index (χ0) is 16.7. The Labute approximate surface area is 137 Å². The molecule has 0 saturated heterocycles. The summed E-state index contributed by atoms with van der Waals surface area (Å²) in [6.07, 6.45) is 2.08. The maximum Gasteiger partial charge on any atom is 0.129 e. The van der Waals surface area contributed by atoms with Crippen LogP contribution in [0.15, 0.2) is 39.4 Å². The molecule has 0 aliphatic rings. The van der Waals surface area contributed by atoms with Crippen LogP contribution in [-0.2, 0) is 17.9 Å². The minimum atomic E-state index is -0.546. The number of hydrogen-bond acceptors (Lipinski definition) is 5. The Hall–Kier alpha value is -1.56. The number of furan rings is 2. The van der Waals surface area contributed by atoms with Crippen LogP contribution in [0.3, 0.4) is 0 Å². The second-order valence-electron chi connectivity index (χ2n) is 5.95. The largest absolute Gasteiger partial charge is 0.467 e. The Bertz CT molecular complexity index is 549. The van der Waals surface area contributed by atoms with Gasteiger partial charge in [0.15, 0.2) is 0 Å². The molecular formula is C18H27NO4. The number of ether oxygens (including phenoxy) is 1. The molecule has 0 unspecified atom stereocenters. The fraction of sp³-hybridized carbons (Fsp3) is 0.556. The molecule has 0 spiro atoms. The lowest BCUT2D eigenvalue weighted by molar-refractivity contribution is -0.00389. The number of aryl methyl sites for hydroxylation is 1. The van der Waals surface area contributed by atoms with E-state index in [2.05, 4.69) is 18.7 Å². The molecule has 0 bridgehead atoms. The summed E-state index contributed by atoms with van der Waals surface area (Å²) in [5, 5.41) is 10.2. The molecule has 2 atom stereocenters. The van der Waals surface area contributed by atoms with Crippen molar-refractivity contribution >= 4 is 0 Å². The van der Waals surface area contributed by atoms with Gasteiger partial charge in [0.1, 0.15) is 23.9 Å². The molecular weight excluding hydrogens is 294 g/mol. The molecule has 5 nitrogen and oxygen atoms in total. The highest BCUT2D eigenvalue weighted by molar-refractivity contribution is 5.05. The molecule has 2 rings (SSSR count). The fourth-order valence-electron chi connectivity index (χ4n) is 2.44. The summed E-state index contributed by atoms with van der Waals surface area (Å²) in [7, 11) is 0. The van der Waals surface area contributed by atoms with Gasteiger partial charge in [-0.15, -0.1) is 0 Å². The first-order valence-electron chi connectivity index (χ1n) is 8.16. The van der Waals surface area contributed by atoms with E-state index in [-0.39, 0.29) is 6.61 Å². The molecule has 1 N–H and O–H groups in total. The SMILES string of the molecule is CC[C@H](C)N(Cc1ccc(C)o1)C[C@H](O)COCc1ccco1. The molecule has 0 saturated carbocycles. The van der Waals surface area contributed by atoms with Crippen LogP contribution in [0.4, 0.5) is 0 Å². The third-order valence-electron chi connectivity index (χ3n) is 3.95. The molecule has 0 aliphatic heterocycles. The highest BCUT2D eigenvalue weighted by Crippen LogP contribution is 2.14. The lowest BCUT2D eigenvalue weighted by atomic mass is 10.2. The van der Waals surface area contributed by atoms with Crippen molar-refractivity contribution in [3.63, 3.8) is 0 Å². The molecule has 0 aromatic carbocycles. The summed E-state index contributed by atoms with van der Waals surface area (Å²) in [6, 6.07) is 8.00. The predicted octanol–water partition coefficient (Wildman–Crippen LogP) is 3.36. The summed E-state index contributed by atoms with van der Waals surface area (Å²) >= 11 is 0. The fourth-order valence-corrected chi connectivity index (χ4v) is 2.44. The van der Waals surface area contributed by atoms with Crippen LogP contribution in [0, 0.1) is 6.92 Å². The summed E-state index contributed by atoms with van der Waals surface area (Å²) in [5.74, 6) is 2.60. The van der Waals surface area contributed by atoms with Gasteiger partial charge in [0.25, 0.3) is 0 Å². The minimum absolute atomic E-state index is 0.283. The molecule has 128 valence electrons. The standard InChI is InChI=1S/C18H27NO4/c1-4-14(2)19(11-17-8-7-15(3)23-17)10-16(20)12-21-13-18-6-5-9-22-18/h5-9,14,16,20H,4,10-13H2,1-3H3/t14-,16-/m0/s1. The highest BCUT2D eigenvalue weighted by atomic mass is 16.5. The number of hydrogen-bond donors (Lipinski definition) is 1. The van der Waals surface area contributed by atoms with Gasteiger partial charge in [-0.2, -0.15) is 0 Å². The van der Waals surface area contributed by atoms with E-state index in [4.69, 9.17) is 13.6 Å². The topological polar surface area (TPSA) is 59.0 Å². The van der Waals surface area contributed by atoms with Gasteiger partial charge in [-0.25, -0.2) is 0 Å². The number of aliphatic hydroxyl groups excluding tert-OH is 1. The van der Waals surface area contributed by atoms with Crippen molar-refractivity contribution in [1.82, 2.24) is 4.90 Å². The van der Waals surface area contributed by atoms with Gasteiger partial charge in [0, 0.05) is 12.6 Å². The molecule has 0 aliphatic carbocycles. The van der Waals surface area contributed by atoms with Crippen molar-refractivity contribution in [2.24, 2.45) is 0 Å². The van der Waals surface area contributed by atoms with Crippen molar-refractivity contribution in [1.29, 1.82) is 0 Å². The van der Waals surface area contributed by atoms with Crippen LogP contribution in [0.2, 0.25) is 0 Å². The molecule has 0 radical (unpaired) electrons. The predicted molar refractivity (Wildman–Crippen MR) is 88.0 cm³/mol. The smallest absolute Gasteiger partial charge is 0.129 e. The van der Waals surface area contributed by atoms with Crippen molar-refractivity contribution < 1.29 is 18.7 Å². The average Bonchev–Trinajstić information content (AvgIpc) is 3.17. The molecule has 5 heteroatoms. The Morgan fingerprint density at radius 3 is 2.70 bits per heavy atom. The lowest BCUT2D eigenvalue weighted by Crippen LogP contribution is -2.39. The van der Waals surface area contributed by atoms with Gasteiger partial charge in [0.2, 0.25) is 0 Å². The van der Waals surface area contributed by atoms with E-state index in [9.17, 15) is 5.11 Å². The van der Waals surface area contributed by atoms with E-state index in [1.165, 1.54) is 0 Å². The zero-order valence-electron chi connectivity index (χ0n) is 14.2. The Kier molecular flexibility index (Phi) is 6.89. The van der Waals surface area contributed by atoms with Crippen LogP contribution < -0.4 is 0 Å². The number of nitrogens with zero attached hydrogens (tertiary/aromatic N) is 1. The monoisotopic (exact) mass is 321 g/mol. The van der Waals surface area contributed by atoms with E-state index in [1.807, 2.05) is 31.2 Å². The Morgan fingerprint density at radius 1 is 1.26 bits per heavy atom. The van der Waals surface area contributed by atoms with Gasteiger partial charge >= 0.3 is 0 Å². The Balaban J connectivity index is 1.81. The third kappa shape index (κ3) is 5.86. The van der Waals surface area contributed by atoms with Gasteiger partial charge in [-0.1, -0.05) is 6.92 Å². The van der Waals surface area contributed by atoms with Crippen LogP contribution in [0.5, 0.6) is 0 Å². The van der Waals surface area contributed by atoms with E-state index in [1.54, 1.807) is 6.26 Å². The van der Waals surface area contributed by atoms with Crippen molar-refractivity contribution in [2.75, 3.05) is 13.2 Å². The number of rotatable bonds is 10. The molecule has 2 aromatic rings. The van der Waals surface area contributed by atoms with Crippen LogP contribution in [0.1, 0.15) is 37.5 Å². The first-order chi connectivity index (χ1) is 11.1. The maximum absolute atomic E-state index is 10.2. The Morgan fingerprint density at radius 2 is 2.09 bits per heavy atom. The minimum Gasteiger partial charge on any atom is -0.467 e. The van der Waals surface area contributed by atoms with Crippen molar-refractivity contribution in [2.45, 2.75) is 52.5 Å². The van der Waals surface area contributed by atoms with E-state index >= 15 is 0 Å². The number of aliphatic hydroxyl groups is 1. The first kappa shape index (κ1) is 17.8. The van der Waals surface area contributed by atoms with Crippen molar-refractivity contribution in [3.05, 3.63) is 47.8 Å². The molecule has 23 heavy (non-hydrogen) atoms. The second-order valence-corrected chi connectivity index (χ2v) is 5.95. The van der Waals surface area contributed by atoms with Crippen molar-refractivity contribution in [3.8, 4) is 0 Å². The summed E-state index contributed by atoms with van der Waals surface area (Å²) in [5.41, 5.74) is 0. The maximum atomic E-state index is 10.2. The van der Waals surface area contributed by atoms with Crippen LogP contribution in [-0.4, -0.2) is 35.3 Å². The average molecular weight is 321 g/mol. The molecule has 2 aromatic heterocycles. The molecule has 0 fully saturated rings. The third-order valence-corrected chi connectivity index (χ3v) is 3.95.